The quantitative estimate of drug-likeness (QED) is 0.441. The highest BCUT2D eigenvalue weighted by atomic mass is 79.9. The molecule has 0 fully saturated rings. The number of nitrogens with zero attached hydrogens (tertiary/aromatic N) is 1. The summed E-state index contributed by atoms with van der Waals surface area (Å²) in [6.45, 7) is 1.61. The minimum absolute atomic E-state index is 0.0835. The highest BCUT2D eigenvalue weighted by molar-refractivity contribution is 9.12. The Labute approximate surface area is 130 Å². The number of hydrogen-bond donors (Lipinski definition) is 2. The number of nitro groups is 1. The molecule has 0 heterocycles. The van der Waals surface area contributed by atoms with Crippen LogP contribution in [0.5, 0.6) is 0 Å². The van der Waals surface area contributed by atoms with Crippen molar-refractivity contribution in [2.75, 3.05) is 5.32 Å². The third kappa shape index (κ3) is 4.01. The summed E-state index contributed by atoms with van der Waals surface area (Å²) in [5, 5.41) is 21.9. The molecule has 0 saturated carbocycles. The minimum atomic E-state index is -1.18. The van der Waals surface area contributed by atoms with Crippen molar-refractivity contribution >= 4 is 55.1 Å². The van der Waals surface area contributed by atoms with E-state index in [1.807, 2.05) is 0 Å². The van der Waals surface area contributed by atoms with Crippen molar-refractivity contribution in [3.63, 3.8) is 0 Å². The summed E-state index contributed by atoms with van der Waals surface area (Å²) in [6.07, 6.45) is 0. The number of halogens is 2. The van der Waals surface area contributed by atoms with Gasteiger partial charge in [0.25, 0.3) is 5.69 Å². The molecule has 108 valence electrons. The number of alkyl halides is 2. The van der Waals surface area contributed by atoms with Gasteiger partial charge in [0.1, 0.15) is 9.65 Å². The van der Waals surface area contributed by atoms with Crippen LogP contribution >= 0.6 is 31.9 Å². The first-order chi connectivity index (χ1) is 9.23. The van der Waals surface area contributed by atoms with Gasteiger partial charge in [-0.25, -0.2) is 0 Å². The fourth-order valence-electron chi connectivity index (χ4n) is 1.36. The molecule has 1 aromatic carbocycles. The molecule has 1 aromatic rings. The van der Waals surface area contributed by atoms with Crippen molar-refractivity contribution in [1.82, 2.24) is 0 Å². The van der Waals surface area contributed by atoms with Crippen molar-refractivity contribution in [3.8, 4) is 0 Å². The van der Waals surface area contributed by atoms with Gasteiger partial charge in [-0.15, -0.1) is 0 Å². The predicted molar refractivity (Wildman–Crippen MR) is 79.5 cm³/mol. The average molecular weight is 410 g/mol. The van der Waals surface area contributed by atoms with Crippen LogP contribution in [-0.2, 0) is 9.59 Å². The van der Waals surface area contributed by atoms with Crippen LogP contribution in [0.25, 0.3) is 0 Å². The second-order valence-electron chi connectivity index (χ2n) is 3.89. The molecular weight excluding hydrogens is 400 g/mol. The van der Waals surface area contributed by atoms with Gasteiger partial charge in [-0.05, 0) is 18.6 Å². The molecule has 0 spiro atoms. The number of anilines is 1. The lowest BCUT2D eigenvalue weighted by atomic mass is 10.1. The highest BCUT2D eigenvalue weighted by Crippen LogP contribution is 2.23. The maximum absolute atomic E-state index is 11.8. The number of rotatable bonds is 5. The summed E-state index contributed by atoms with van der Waals surface area (Å²) in [6, 6.07) is 3.98. The molecule has 0 radical (unpaired) electrons. The first-order valence-electron chi connectivity index (χ1n) is 5.31. The van der Waals surface area contributed by atoms with Crippen LogP contribution in [-0.4, -0.2) is 31.6 Å². The lowest BCUT2D eigenvalue weighted by Gasteiger charge is -2.14. The number of carbonyl (C=O) groups is 2. The number of amides is 1. The first kappa shape index (κ1) is 16.6. The van der Waals surface area contributed by atoms with Gasteiger partial charge in [-0.1, -0.05) is 31.9 Å². The molecule has 0 saturated heterocycles. The first-order valence-corrected chi connectivity index (χ1v) is 7.14. The Kier molecular flexibility index (Phi) is 5.63. The van der Waals surface area contributed by atoms with E-state index in [0.29, 0.717) is 11.3 Å². The van der Waals surface area contributed by atoms with E-state index in [9.17, 15) is 19.7 Å². The molecule has 0 bridgehead atoms. The van der Waals surface area contributed by atoms with Crippen molar-refractivity contribution < 1.29 is 19.6 Å². The third-order valence-corrected chi connectivity index (χ3v) is 5.00. The van der Waals surface area contributed by atoms with Crippen LogP contribution in [0.4, 0.5) is 11.4 Å². The molecular formula is C11H10Br2N2O5. The highest BCUT2D eigenvalue weighted by Gasteiger charge is 2.29. The molecule has 0 aromatic heterocycles. The van der Waals surface area contributed by atoms with Gasteiger partial charge in [0.2, 0.25) is 5.91 Å². The molecule has 7 nitrogen and oxygen atoms in total. The van der Waals surface area contributed by atoms with Crippen LogP contribution in [0.3, 0.4) is 0 Å². The maximum atomic E-state index is 11.8. The van der Waals surface area contributed by atoms with E-state index >= 15 is 0 Å². The summed E-state index contributed by atoms with van der Waals surface area (Å²) < 4.78 is 0. The van der Waals surface area contributed by atoms with Gasteiger partial charge in [0.15, 0.2) is 0 Å². The van der Waals surface area contributed by atoms with Gasteiger partial charge in [0, 0.05) is 17.8 Å². The van der Waals surface area contributed by atoms with Crippen molar-refractivity contribution in [2.45, 2.75) is 16.6 Å². The molecule has 0 aliphatic heterocycles. The SMILES string of the molecule is Cc1cc([N+](=O)[O-])ccc1NC(=O)[C@@H](Br)[C@@H](Br)C(=O)O. The van der Waals surface area contributed by atoms with Gasteiger partial charge < -0.3 is 10.4 Å². The zero-order valence-electron chi connectivity index (χ0n) is 10.2. The largest absolute Gasteiger partial charge is 0.480 e. The van der Waals surface area contributed by atoms with E-state index < -0.39 is 26.5 Å². The van der Waals surface area contributed by atoms with Crippen LogP contribution < -0.4 is 5.32 Å². The van der Waals surface area contributed by atoms with Crippen molar-refractivity contribution in [3.05, 3.63) is 33.9 Å². The number of aliphatic carboxylic acids is 1. The number of carbonyl (C=O) groups excluding carboxylic acids is 1. The number of carboxylic acids is 1. The van der Waals surface area contributed by atoms with Gasteiger partial charge in [0.05, 0.1) is 4.92 Å². The van der Waals surface area contributed by atoms with E-state index in [0.717, 1.165) is 0 Å². The normalized spacial score (nSPS) is 13.3. The fraction of sp³-hybridized carbons (Fsp3) is 0.273. The molecule has 2 N–H and O–H groups in total. The zero-order valence-corrected chi connectivity index (χ0v) is 13.3. The zero-order chi connectivity index (χ0) is 15.4. The number of benzene rings is 1. The number of nitro benzene ring substituents is 1. The molecule has 1 amide bonds. The van der Waals surface area contributed by atoms with Crippen molar-refractivity contribution in [2.24, 2.45) is 0 Å². The average Bonchev–Trinajstić information content (AvgIpc) is 2.38. The summed E-state index contributed by atoms with van der Waals surface area (Å²) >= 11 is 5.86. The van der Waals surface area contributed by atoms with E-state index in [2.05, 4.69) is 37.2 Å². The Bertz CT molecular complexity index is 564. The smallest absolute Gasteiger partial charge is 0.318 e. The molecule has 1 rings (SSSR count). The number of hydrogen-bond acceptors (Lipinski definition) is 4. The Morgan fingerprint density at radius 1 is 1.35 bits per heavy atom. The van der Waals surface area contributed by atoms with Crippen molar-refractivity contribution in [1.29, 1.82) is 0 Å². The standard InChI is InChI=1S/C11H10Br2N2O5/c1-5-4-6(15(19)20)2-3-7(5)14-10(16)8(12)9(13)11(17)18/h2-4,8-9H,1H3,(H,14,16)(H,17,18)/t8-,9+/m0/s1. The van der Waals surface area contributed by atoms with E-state index in [1.54, 1.807) is 6.92 Å². The monoisotopic (exact) mass is 408 g/mol. The maximum Gasteiger partial charge on any atom is 0.318 e. The second-order valence-corrected chi connectivity index (χ2v) is 5.86. The Balaban J connectivity index is 2.86. The summed E-state index contributed by atoms with van der Waals surface area (Å²) in [5.74, 6) is -1.74. The van der Waals surface area contributed by atoms with E-state index in [1.165, 1.54) is 18.2 Å². The molecule has 2 atom stereocenters. The van der Waals surface area contributed by atoms with Crippen LogP contribution in [0.2, 0.25) is 0 Å². The molecule has 20 heavy (non-hydrogen) atoms. The topological polar surface area (TPSA) is 110 Å². The van der Waals surface area contributed by atoms with Crippen LogP contribution in [0.1, 0.15) is 5.56 Å². The molecule has 0 unspecified atom stereocenters. The van der Waals surface area contributed by atoms with Crippen LogP contribution in [0, 0.1) is 17.0 Å². The Hall–Kier alpha value is -1.48. The predicted octanol–water partition coefficient (Wildman–Crippen LogP) is 2.45. The Morgan fingerprint density at radius 3 is 2.40 bits per heavy atom. The number of carboxylic acid groups (broad SMARTS) is 1. The lowest BCUT2D eigenvalue weighted by Crippen LogP contribution is -2.34. The number of aryl methyl sites for hydroxylation is 1. The molecule has 0 aliphatic rings. The van der Waals surface area contributed by atoms with Gasteiger partial charge in [-0.3, -0.25) is 19.7 Å². The van der Waals surface area contributed by atoms with Crippen LogP contribution in [0.15, 0.2) is 18.2 Å². The Morgan fingerprint density at radius 2 is 1.95 bits per heavy atom. The summed E-state index contributed by atoms with van der Waals surface area (Å²) in [7, 11) is 0. The molecule has 9 heteroatoms. The van der Waals surface area contributed by atoms with Gasteiger partial charge >= 0.3 is 5.97 Å². The second kappa shape index (κ2) is 6.80. The fourth-order valence-corrected chi connectivity index (χ4v) is 1.94. The van der Waals surface area contributed by atoms with E-state index in [4.69, 9.17) is 5.11 Å². The van der Waals surface area contributed by atoms with Gasteiger partial charge in [-0.2, -0.15) is 0 Å². The third-order valence-electron chi connectivity index (χ3n) is 2.42. The van der Waals surface area contributed by atoms with E-state index in [-0.39, 0.29) is 5.69 Å². The number of non-ortho nitro benzene ring substituents is 1. The molecule has 0 aliphatic carbocycles. The summed E-state index contributed by atoms with van der Waals surface area (Å²) in [5.41, 5.74) is 0.809. The summed E-state index contributed by atoms with van der Waals surface area (Å²) in [4.78, 5) is 30.6. The minimum Gasteiger partial charge on any atom is -0.480 e. The lowest BCUT2D eigenvalue weighted by molar-refractivity contribution is -0.384. The number of nitrogens with one attached hydrogen (secondary N) is 1.